The van der Waals surface area contributed by atoms with Crippen LogP contribution >= 0.6 is 0 Å². The average Bonchev–Trinajstić information content (AvgIpc) is 2.78. The monoisotopic (exact) mass is 400 g/mol. The van der Waals surface area contributed by atoms with E-state index in [1.54, 1.807) is 0 Å². The highest BCUT2D eigenvalue weighted by molar-refractivity contribution is 5.97. The van der Waals surface area contributed by atoms with Gasteiger partial charge in [-0.2, -0.15) is 0 Å². The SMILES string of the molecule is CC[C@H](C(=O)Nc1ccc(NC(=O)[C@@H](CC)c2ccccc2)cc1)c1ccccc1. The average molecular weight is 401 g/mol. The Kier molecular flexibility index (Phi) is 7.39. The third-order valence-electron chi connectivity index (χ3n) is 5.27. The molecule has 0 fully saturated rings. The van der Waals surface area contributed by atoms with Gasteiger partial charge in [0.25, 0.3) is 0 Å². The maximum Gasteiger partial charge on any atom is 0.231 e. The zero-order chi connectivity index (χ0) is 21.3. The zero-order valence-corrected chi connectivity index (χ0v) is 17.5. The van der Waals surface area contributed by atoms with Crippen molar-refractivity contribution in [3.8, 4) is 0 Å². The Labute approximate surface area is 178 Å². The molecule has 154 valence electrons. The van der Waals surface area contributed by atoms with Crippen LogP contribution in [0.5, 0.6) is 0 Å². The van der Waals surface area contributed by atoms with Crippen molar-refractivity contribution < 1.29 is 9.59 Å². The second kappa shape index (κ2) is 10.4. The Morgan fingerprint density at radius 1 is 0.600 bits per heavy atom. The lowest BCUT2D eigenvalue weighted by molar-refractivity contribution is -0.118. The normalized spacial score (nSPS) is 12.6. The van der Waals surface area contributed by atoms with Crippen molar-refractivity contribution in [3.05, 3.63) is 96.1 Å². The smallest absolute Gasteiger partial charge is 0.231 e. The Morgan fingerprint density at radius 3 is 1.23 bits per heavy atom. The summed E-state index contributed by atoms with van der Waals surface area (Å²) in [4.78, 5) is 25.4. The fraction of sp³-hybridized carbons (Fsp3) is 0.231. The highest BCUT2D eigenvalue weighted by Gasteiger charge is 2.20. The van der Waals surface area contributed by atoms with Crippen LogP contribution in [0.2, 0.25) is 0 Å². The summed E-state index contributed by atoms with van der Waals surface area (Å²) in [6.45, 7) is 4.01. The van der Waals surface area contributed by atoms with Crippen LogP contribution in [0.25, 0.3) is 0 Å². The third-order valence-corrected chi connectivity index (χ3v) is 5.27. The topological polar surface area (TPSA) is 58.2 Å². The number of amides is 2. The van der Waals surface area contributed by atoms with Gasteiger partial charge in [-0.05, 0) is 48.2 Å². The molecule has 2 atom stereocenters. The van der Waals surface area contributed by atoms with Crippen molar-refractivity contribution in [2.45, 2.75) is 38.5 Å². The minimum Gasteiger partial charge on any atom is -0.326 e. The van der Waals surface area contributed by atoms with Crippen LogP contribution in [0.4, 0.5) is 11.4 Å². The second-order valence-corrected chi connectivity index (χ2v) is 7.30. The molecule has 30 heavy (non-hydrogen) atoms. The molecule has 0 bridgehead atoms. The fourth-order valence-electron chi connectivity index (χ4n) is 3.61. The Balaban J connectivity index is 1.63. The van der Waals surface area contributed by atoms with Crippen LogP contribution in [0.15, 0.2) is 84.9 Å². The van der Waals surface area contributed by atoms with E-state index in [2.05, 4.69) is 10.6 Å². The number of carbonyl (C=O) groups excluding carboxylic acids is 2. The summed E-state index contributed by atoms with van der Waals surface area (Å²) in [5.74, 6) is -0.449. The summed E-state index contributed by atoms with van der Waals surface area (Å²) < 4.78 is 0. The first-order valence-corrected chi connectivity index (χ1v) is 10.4. The van der Waals surface area contributed by atoms with E-state index in [0.717, 1.165) is 24.0 Å². The predicted molar refractivity (Wildman–Crippen MR) is 123 cm³/mol. The molecule has 0 aromatic heterocycles. The van der Waals surface area contributed by atoms with E-state index >= 15 is 0 Å². The van der Waals surface area contributed by atoms with Gasteiger partial charge in [0.15, 0.2) is 0 Å². The zero-order valence-electron chi connectivity index (χ0n) is 17.5. The Bertz CT molecular complexity index is 873. The molecule has 2 N–H and O–H groups in total. The quantitative estimate of drug-likeness (QED) is 0.491. The number of hydrogen-bond donors (Lipinski definition) is 2. The molecular formula is C26H28N2O2. The molecule has 0 aliphatic rings. The molecule has 0 aliphatic carbocycles. The molecule has 3 aromatic carbocycles. The first kappa shape index (κ1) is 21.3. The number of rotatable bonds is 8. The number of benzene rings is 3. The second-order valence-electron chi connectivity index (χ2n) is 7.30. The van der Waals surface area contributed by atoms with Crippen molar-refractivity contribution in [1.82, 2.24) is 0 Å². The van der Waals surface area contributed by atoms with Gasteiger partial charge in [-0.1, -0.05) is 74.5 Å². The molecule has 3 aromatic rings. The standard InChI is InChI=1S/C26H28N2O2/c1-3-23(19-11-7-5-8-12-19)25(29)27-21-15-17-22(18-16-21)28-26(30)24(4-2)20-13-9-6-10-14-20/h5-18,23-24H,3-4H2,1-2H3,(H,27,29)(H,28,30)/t23-,24-/m0/s1. The van der Waals surface area contributed by atoms with Gasteiger partial charge in [0.1, 0.15) is 0 Å². The van der Waals surface area contributed by atoms with Crippen LogP contribution < -0.4 is 10.6 Å². The molecule has 4 nitrogen and oxygen atoms in total. The van der Waals surface area contributed by atoms with Gasteiger partial charge >= 0.3 is 0 Å². The molecule has 0 saturated heterocycles. The van der Waals surface area contributed by atoms with E-state index in [1.165, 1.54) is 0 Å². The largest absolute Gasteiger partial charge is 0.326 e. The van der Waals surface area contributed by atoms with Crippen molar-refractivity contribution in [1.29, 1.82) is 0 Å². The molecule has 0 saturated carbocycles. The fourth-order valence-corrected chi connectivity index (χ4v) is 3.61. The summed E-state index contributed by atoms with van der Waals surface area (Å²) in [6, 6.07) is 26.8. The minimum absolute atomic E-state index is 0.0318. The van der Waals surface area contributed by atoms with Gasteiger partial charge in [0.05, 0.1) is 11.8 Å². The number of nitrogens with one attached hydrogen (secondary N) is 2. The van der Waals surface area contributed by atoms with Crippen molar-refractivity contribution in [3.63, 3.8) is 0 Å². The molecule has 0 unspecified atom stereocenters. The van der Waals surface area contributed by atoms with Crippen molar-refractivity contribution >= 4 is 23.2 Å². The number of carbonyl (C=O) groups is 2. The molecule has 0 aliphatic heterocycles. The minimum atomic E-state index is -0.193. The highest BCUT2D eigenvalue weighted by Crippen LogP contribution is 2.24. The van der Waals surface area contributed by atoms with E-state index in [0.29, 0.717) is 11.4 Å². The molecular weight excluding hydrogens is 372 g/mol. The molecule has 3 rings (SSSR count). The predicted octanol–water partition coefficient (Wildman–Crippen LogP) is 5.95. The van der Waals surface area contributed by atoms with Crippen LogP contribution in [0.1, 0.15) is 49.7 Å². The van der Waals surface area contributed by atoms with E-state index in [1.807, 2.05) is 98.8 Å². The summed E-state index contributed by atoms with van der Waals surface area (Å²) in [5.41, 5.74) is 3.44. The summed E-state index contributed by atoms with van der Waals surface area (Å²) in [5, 5.41) is 5.96. The lowest BCUT2D eigenvalue weighted by atomic mass is 9.95. The van der Waals surface area contributed by atoms with Crippen molar-refractivity contribution in [2.75, 3.05) is 10.6 Å². The van der Waals surface area contributed by atoms with Crippen molar-refractivity contribution in [2.24, 2.45) is 0 Å². The van der Waals surface area contributed by atoms with Gasteiger partial charge in [0, 0.05) is 11.4 Å². The molecule has 0 radical (unpaired) electrons. The lowest BCUT2D eigenvalue weighted by Gasteiger charge is -2.17. The van der Waals surface area contributed by atoms with Crippen LogP contribution in [0, 0.1) is 0 Å². The first-order chi connectivity index (χ1) is 14.6. The van der Waals surface area contributed by atoms with E-state index in [9.17, 15) is 9.59 Å². The first-order valence-electron chi connectivity index (χ1n) is 10.4. The summed E-state index contributed by atoms with van der Waals surface area (Å²) in [6.07, 6.45) is 1.45. The van der Waals surface area contributed by atoms with E-state index in [-0.39, 0.29) is 23.7 Å². The van der Waals surface area contributed by atoms with Gasteiger partial charge < -0.3 is 10.6 Å². The molecule has 0 heterocycles. The van der Waals surface area contributed by atoms with Crippen LogP contribution in [-0.4, -0.2) is 11.8 Å². The van der Waals surface area contributed by atoms with Crippen LogP contribution in [0.3, 0.4) is 0 Å². The van der Waals surface area contributed by atoms with Gasteiger partial charge in [-0.3, -0.25) is 9.59 Å². The third kappa shape index (κ3) is 5.35. The molecule has 2 amide bonds. The lowest BCUT2D eigenvalue weighted by Crippen LogP contribution is -2.21. The molecule has 0 spiro atoms. The number of anilines is 2. The number of hydrogen-bond acceptors (Lipinski definition) is 2. The maximum atomic E-state index is 12.7. The summed E-state index contributed by atoms with van der Waals surface area (Å²) in [7, 11) is 0. The molecule has 4 heteroatoms. The van der Waals surface area contributed by atoms with Gasteiger partial charge in [-0.25, -0.2) is 0 Å². The Hall–Kier alpha value is -3.40. The van der Waals surface area contributed by atoms with Gasteiger partial charge in [-0.15, -0.1) is 0 Å². The van der Waals surface area contributed by atoms with Gasteiger partial charge in [0.2, 0.25) is 11.8 Å². The summed E-state index contributed by atoms with van der Waals surface area (Å²) >= 11 is 0. The van der Waals surface area contributed by atoms with Crippen LogP contribution in [-0.2, 0) is 9.59 Å². The Morgan fingerprint density at radius 2 is 0.933 bits per heavy atom. The maximum absolute atomic E-state index is 12.7. The highest BCUT2D eigenvalue weighted by atomic mass is 16.2. The van der Waals surface area contributed by atoms with E-state index < -0.39 is 0 Å². The van der Waals surface area contributed by atoms with E-state index in [4.69, 9.17) is 0 Å².